The lowest BCUT2D eigenvalue weighted by Crippen LogP contribution is -2.34. The van der Waals surface area contributed by atoms with Crippen LogP contribution in [0.2, 0.25) is 0 Å². The Morgan fingerprint density at radius 2 is 1.91 bits per heavy atom. The van der Waals surface area contributed by atoms with Crippen molar-refractivity contribution in [2.24, 2.45) is 0 Å². The van der Waals surface area contributed by atoms with Gasteiger partial charge in [0.05, 0.1) is 5.39 Å². The third kappa shape index (κ3) is 4.20. The number of benzene rings is 2. The van der Waals surface area contributed by atoms with Gasteiger partial charge < -0.3 is 5.32 Å². The van der Waals surface area contributed by atoms with Crippen molar-refractivity contribution in [1.29, 1.82) is 0 Å². The van der Waals surface area contributed by atoms with Crippen molar-refractivity contribution in [2.45, 2.75) is 65.8 Å². The van der Waals surface area contributed by atoms with Gasteiger partial charge in [-0.3, -0.25) is 14.2 Å². The molecule has 180 valence electrons. The standard InChI is InChI=1S/C29H31N3O2S/c1-5-20-12-9-11-18(3)25(20)30-27(33)19(4)32-26(21-13-8-10-17(2)16-21)31-28-24(29(32)34)22-14-6-7-15-23(22)35-28/h8-13,16,19H,5-7,14-15H2,1-4H3,(H,30,33). The summed E-state index contributed by atoms with van der Waals surface area (Å²) in [6.07, 6.45) is 4.95. The van der Waals surface area contributed by atoms with Crippen LogP contribution in [0.5, 0.6) is 0 Å². The lowest BCUT2D eigenvalue weighted by atomic mass is 9.97. The molecule has 1 aliphatic carbocycles. The molecule has 0 aliphatic heterocycles. The minimum absolute atomic E-state index is 0.117. The number of carbonyl (C=O) groups is 1. The summed E-state index contributed by atoms with van der Waals surface area (Å²) >= 11 is 1.64. The highest BCUT2D eigenvalue weighted by Gasteiger charge is 2.27. The van der Waals surface area contributed by atoms with Crippen LogP contribution in [-0.4, -0.2) is 15.5 Å². The molecule has 35 heavy (non-hydrogen) atoms. The Bertz CT molecular complexity index is 1500. The average Bonchev–Trinajstić information content (AvgIpc) is 3.23. The molecule has 0 fully saturated rings. The van der Waals surface area contributed by atoms with E-state index in [2.05, 4.69) is 12.2 Å². The first-order chi connectivity index (χ1) is 16.9. The summed E-state index contributed by atoms with van der Waals surface area (Å²) in [7, 11) is 0. The number of anilines is 1. The van der Waals surface area contributed by atoms with E-state index in [-0.39, 0.29) is 11.5 Å². The van der Waals surface area contributed by atoms with Gasteiger partial charge in [0.15, 0.2) is 0 Å². The Labute approximate surface area is 209 Å². The van der Waals surface area contributed by atoms with Gasteiger partial charge in [-0.25, -0.2) is 4.98 Å². The maximum atomic E-state index is 14.1. The van der Waals surface area contributed by atoms with Crippen LogP contribution in [0.1, 0.15) is 59.9 Å². The molecule has 0 spiro atoms. The monoisotopic (exact) mass is 485 g/mol. The minimum Gasteiger partial charge on any atom is -0.324 e. The Kier molecular flexibility index (Phi) is 6.32. The highest BCUT2D eigenvalue weighted by molar-refractivity contribution is 7.18. The molecule has 2 aromatic carbocycles. The minimum atomic E-state index is -0.724. The fraction of sp³-hybridized carbons (Fsp3) is 0.345. The van der Waals surface area contributed by atoms with Gasteiger partial charge >= 0.3 is 0 Å². The fourth-order valence-corrected chi connectivity index (χ4v) is 6.36. The Morgan fingerprint density at radius 1 is 1.14 bits per heavy atom. The van der Waals surface area contributed by atoms with E-state index in [4.69, 9.17) is 4.98 Å². The third-order valence-electron chi connectivity index (χ3n) is 7.05. The van der Waals surface area contributed by atoms with Crippen LogP contribution in [0.15, 0.2) is 47.3 Å². The maximum Gasteiger partial charge on any atom is 0.263 e. The van der Waals surface area contributed by atoms with E-state index in [1.54, 1.807) is 22.8 Å². The molecule has 1 aliphatic rings. The maximum absolute atomic E-state index is 14.1. The van der Waals surface area contributed by atoms with E-state index in [1.165, 1.54) is 4.88 Å². The zero-order chi connectivity index (χ0) is 24.7. The molecule has 5 nitrogen and oxygen atoms in total. The van der Waals surface area contributed by atoms with Gasteiger partial charge in [0.1, 0.15) is 16.7 Å². The van der Waals surface area contributed by atoms with Crippen molar-refractivity contribution >= 4 is 33.1 Å². The zero-order valence-electron chi connectivity index (χ0n) is 20.8. The highest BCUT2D eigenvalue weighted by atomic mass is 32.1. The van der Waals surface area contributed by atoms with Crippen LogP contribution in [-0.2, 0) is 24.1 Å². The molecule has 0 radical (unpaired) electrons. The molecule has 0 bridgehead atoms. The summed E-state index contributed by atoms with van der Waals surface area (Å²) in [5.74, 6) is 0.336. The smallest absolute Gasteiger partial charge is 0.263 e. The molecule has 6 heteroatoms. The summed E-state index contributed by atoms with van der Waals surface area (Å²) in [5.41, 5.74) is 5.87. The molecular formula is C29H31N3O2S. The molecule has 2 aromatic heterocycles. The summed E-state index contributed by atoms with van der Waals surface area (Å²) < 4.78 is 1.61. The summed E-state index contributed by atoms with van der Waals surface area (Å²) in [6, 6.07) is 13.3. The number of nitrogens with one attached hydrogen (secondary N) is 1. The van der Waals surface area contributed by atoms with Gasteiger partial charge in [-0.2, -0.15) is 0 Å². The van der Waals surface area contributed by atoms with Crippen molar-refractivity contribution < 1.29 is 4.79 Å². The van der Waals surface area contributed by atoms with E-state index in [9.17, 15) is 9.59 Å². The molecule has 1 atom stereocenters. The first-order valence-electron chi connectivity index (χ1n) is 12.4. The molecular weight excluding hydrogens is 454 g/mol. The number of aryl methyl sites for hydroxylation is 5. The van der Waals surface area contributed by atoms with E-state index >= 15 is 0 Å². The number of thiophene rings is 1. The summed E-state index contributed by atoms with van der Waals surface area (Å²) in [4.78, 5) is 34.8. The molecule has 0 saturated carbocycles. The van der Waals surface area contributed by atoms with E-state index < -0.39 is 6.04 Å². The van der Waals surface area contributed by atoms with Crippen LogP contribution < -0.4 is 10.9 Å². The number of nitrogens with zero attached hydrogens (tertiary/aromatic N) is 2. The van der Waals surface area contributed by atoms with Gasteiger partial charge in [0.25, 0.3) is 5.56 Å². The van der Waals surface area contributed by atoms with Gasteiger partial charge in [0.2, 0.25) is 5.91 Å². The summed E-state index contributed by atoms with van der Waals surface area (Å²) in [5, 5.41) is 3.83. The van der Waals surface area contributed by atoms with Crippen LogP contribution in [0.4, 0.5) is 5.69 Å². The predicted molar refractivity (Wildman–Crippen MR) is 145 cm³/mol. The number of aromatic nitrogens is 2. The molecule has 4 aromatic rings. The first-order valence-corrected chi connectivity index (χ1v) is 13.2. The van der Waals surface area contributed by atoms with Gasteiger partial charge in [-0.1, -0.05) is 48.9 Å². The second kappa shape index (κ2) is 9.42. The lowest BCUT2D eigenvalue weighted by Gasteiger charge is -2.21. The Balaban J connectivity index is 1.68. The number of hydrogen-bond acceptors (Lipinski definition) is 4. The Hall–Kier alpha value is -3.25. The van der Waals surface area contributed by atoms with Crippen LogP contribution in [0.25, 0.3) is 21.6 Å². The molecule has 1 N–H and O–H groups in total. The van der Waals surface area contributed by atoms with Crippen molar-refractivity contribution in [1.82, 2.24) is 9.55 Å². The van der Waals surface area contributed by atoms with Crippen LogP contribution in [0.3, 0.4) is 0 Å². The molecule has 2 heterocycles. The molecule has 5 rings (SSSR count). The quantitative estimate of drug-likeness (QED) is 0.357. The predicted octanol–water partition coefficient (Wildman–Crippen LogP) is 6.38. The first kappa shape index (κ1) is 23.5. The number of carbonyl (C=O) groups excluding carboxylic acids is 1. The van der Waals surface area contributed by atoms with Crippen molar-refractivity contribution in [3.8, 4) is 11.4 Å². The normalized spacial score (nSPS) is 14.1. The largest absolute Gasteiger partial charge is 0.324 e. The summed E-state index contributed by atoms with van der Waals surface area (Å²) in [6.45, 7) is 7.89. The van der Waals surface area contributed by atoms with Crippen molar-refractivity contribution in [2.75, 3.05) is 5.32 Å². The van der Waals surface area contributed by atoms with Gasteiger partial charge in [0, 0.05) is 16.1 Å². The van der Waals surface area contributed by atoms with Crippen LogP contribution >= 0.6 is 11.3 Å². The number of fused-ring (bicyclic) bond motifs is 3. The fourth-order valence-electron chi connectivity index (χ4n) is 5.11. The highest BCUT2D eigenvalue weighted by Crippen LogP contribution is 2.35. The SMILES string of the molecule is CCc1cccc(C)c1NC(=O)C(C)n1c(-c2cccc(C)c2)nc2sc3c(c2c1=O)CCCC3. The van der Waals surface area contributed by atoms with Gasteiger partial charge in [-0.15, -0.1) is 11.3 Å². The van der Waals surface area contributed by atoms with Gasteiger partial charge in [-0.05, 0) is 75.6 Å². The van der Waals surface area contributed by atoms with Crippen molar-refractivity contribution in [3.05, 3.63) is 79.9 Å². The van der Waals surface area contributed by atoms with E-state index in [1.807, 2.05) is 56.3 Å². The second-order valence-corrected chi connectivity index (χ2v) is 10.6. The second-order valence-electron chi connectivity index (χ2n) is 9.50. The lowest BCUT2D eigenvalue weighted by molar-refractivity contribution is -0.118. The number of hydrogen-bond donors (Lipinski definition) is 1. The van der Waals surface area contributed by atoms with E-state index in [0.717, 1.165) is 70.4 Å². The van der Waals surface area contributed by atoms with Crippen LogP contribution in [0, 0.1) is 13.8 Å². The number of rotatable bonds is 5. The zero-order valence-corrected chi connectivity index (χ0v) is 21.6. The third-order valence-corrected chi connectivity index (χ3v) is 8.24. The molecule has 1 amide bonds. The Morgan fingerprint density at radius 3 is 2.69 bits per heavy atom. The topological polar surface area (TPSA) is 64.0 Å². The molecule has 1 unspecified atom stereocenters. The average molecular weight is 486 g/mol. The number of amides is 1. The molecule has 0 saturated heterocycles. The number of para-hydroxylation sites is 1. The van der Waals surface area contributed by atoms with E-state index in [0.29, 0.717) is 11.2 Å². The van der Waals surface area contributed by atoms with Crippen molar-refractivity contribution in [3.63, 3.8) is 0 Å².